The maximum atomic E-state index is 12.1. The van der Waals surface area contributed by atoms with Gasteiger partial charge in [0.25, 0.3) is 5.91 Å². The first-order valence-electron chi connectivity index (χ1n) is 6.93. The summed E-state index contributed by atoms with van der Waals surface area (Å²) in [5, 5.41) is 3.49. The second kappa shape index (κ2) is 7.25. The summed E-state index contributed by atoms with van der Waals surface area (Å²) in [6.45, 7) is 2.37. The minimum Gasteiger partial charge on any atom is -0.352 e. The Labute approximate surface area is 130 Å². The van der Waals surface area contributed by atoms with Crippen LogP contribution in [-0.2, 0) is 0 Å². The molecule has 1 amide bonds. The van der Waals surface area contributed by atoms with Crippen LogP contribution in [0.3, 0.4) is 0 Å². The van der Waals surface area contributed by atoms with Gasteiger partial charge in [-0.1, -0.05) is 48.0 Å². The molecule has 0 aliphatic carbocycles. The first-order chi connectivity index (χ1) is 10.1. The largest absolute Gasteiger partial charge is 0.352 e. The average molecular weight is 303 g/mol. The number of halogens is 1. The number of carbonyl (C=O) groups is 1. The SMILES string of the molecule is Cc1c(Cl)cccc1C(=O)NCCC(N)c1ccccc1. The van der Waals surface area contributed by atoms with Crippen LogP contribution in [-0.4, -0.2) is 12.5 Å². The van der Waals surface area contributed by atoms with Crippen LogP contribution in [0.1, 0.15) is 33.9 Å². The van der Waals surface area contributed by atoms with E-state index in [9.17, 15) is 4.79 Å². The van der Waals surface area contributed by atoms with E-state index in [-0.39, 0.29) is 11.9 Å². The molecule has 3 N–H and O–H groups in total. The fourth-order valence-corrected chi connectivity index (χ4v) is 2.33. The van der Waals surface area contributed by atoms with Gasteiger partial charge in [-0.3, -0.25) is 4.79 Å². The zero-order chi connectivity index (χ0) is 15.2. The Hall–Kier alpha value is -1.84. The van der Waals surface area contributed by atoms with Gasteiger partial charge in [0.1, 0.15) is 0 Å². The zero-order valence-electron chi connectivity index (χ0n) is 12.0. The van der Waals surface area contributed by atoms with Gasteiger partial charge in [0.15, 0.2) is 0 Å². The Morgan fingerprint density at radius 1 is 1.19 bits per heavy atom. The lowest BCUT2D eigenvalue weighted by atomic mass is 10.0. The molecule has 0 aliphatic heterocycles. The van der Waals surface area contributed by atoms with Gasteiger partial charge in [0, 0.05) is 23.2 Å². The number of hydrogen-bond donors (Lipinski definition) is 2. The third kappa shape index (κ3) is 4.06. The van der Waals surface area contributed by atoms with Crippen LogP contribution >= 0.6 is 11.6 Å². The Kier molecular flexibility index (Phi) is 5.37. The van der Waals surface area contributed by atoms with E-state index in [2.05, 4.69) is 5.32 Å². The molecule has 3 nitrogen and oxygen atoms in total. The molecule has 0 fully saturated rings. The zero-order valence-corrected chi connectivity index (χ0v) is 12.7. The van der Waals surface area contributed by atoms with Gasteiger partial charge in [-0.25, -0.2) is 0 Å². The van der Waals surface area contributed by atoms with E-state index in [0.29, 0.717) is 23.6 Å². The van der Waals surface area contributed by atoms with Crippen molar-refractivity contribution in [2.75, 3.05) is 6.54 Å². The molecule has 4 heteroatoms. The fourth-order valence-electron chi connectivity index (χ4n) is 2.16. The van der Waals surface area contributed by atoms with E-state index in [1.165, 1.54) is 0 Å². The van der Waals surface area contributed by atoms with E-state index in [1.807, 2.05) is 37.3 Å². The quantitative estimate of drug-likeness (QED) is 0.888. The van der Waals surface area contributed by atoms with Gasteiger partial charge in [-0.15, -0.1) is 0 Å². The molecule has 0 heterocycles. The first kappa shape index (κ1) is 15.5. The number of benzene rings is 2. The van der Waals surface area contributed by atoms with Gasteiger partial charge < -0.3 is 11.1 Å². The van der Waals surface area contributed by atoms with E-state index in [4.69, 9.17) is 17.3 Å². The summed E-state index contributed by atoms with van der Waals surface area (Å²) in [4.78, 5) is 12.1. The summed E-state index contributed by atoms with van der Waals surface area (Å²) in [6.07, 6.45) is 0.690. The predicted molar refractivity (Wildman–Crippen MR) is 86.5 cm³/mol. The van der Waals surface area contributed by atoms with Gasteiger partial charge in [0.05, 0.1) is 0 Å². The molecule has 0 saturated heterocycles. The number of nitrogens with two attached hydrogens (primary N) is 1. The molecule has 110 valence electrons. The molecule has 0 aromatic heterocycles. The number of amides is 1. The molecule has 0 bridgehead atoms. The second-order valence-corrected chi connectivity index (χ2v) is 5.38. The molecule has 2 aromatic rings. The van der Waals surface area contributed by atoms with E-state index in [0.717, 1.165) is 11.1 Å². The van der Waals surface area contributed by atoms with Crippen molar-refractivity contribution in [3.63, 3.8) is 0 Å². The van der Waals surface area contributed by atoms with Crippen molar-refractivity contribution in [3.05, 3.63) is 70.2 Å². The number of nitrogens with one attached hydrogen (secondary N) is 1. The van der Waals surface area contributed by atoms with Crippen molar-refractivity contribution in [2.24, 2.45) is 5.73 Å². The van der Waals surface area contributed by atoms with Gasteiger partial charge in [-0.2, -0.15) is 0 Å². The van der Waals surface area contributed by atoms with Crippen molar-refractivity contribution < 1.29 is 4.79 Å². The van der Waals surface area contributed by atoms with Gasteiger partial charge in [-0.05, 0) is 36.6 Å². The summed E-state index contributed by atoms with van der Waals surface area (Å²) in [7, 11) is 0. The topological polar surface area (TPSA) is 55.1 Å². The Balaban J connectivity index is 1.89. The van der Waals surface area contributed by atoms with E-state index < -0.39 is 0 Å². The molecule has 21 heavy (non-hydrogen) atoms. The minimum atomic E-state index is -0.115. The summed E-state index contributed by atoms with van der Waals surface area (Å²) in [5.41, 5.74) is 8.58. The monoisotopic (exact) mass is 302 g/mol. The lowest BCUT2D eigenvalue weighted by Gasteiger charge is -2.13. The Bertz CT molecular complexity index is 613. The molecule has 2 rings (SSSR count). The third-order valence-corrected chi connectivity index (χ3v) is 3.89. The number of rotatable bonds is 5. The lowest BCUT2D eigenvalue weighted by Crippen LogP contribution is -2.27. The maximum absolute atomic E-state index is 12.1. The van der Waals surface area contributed by atoms with Crippen LogP contribution in [0.25, 0.3) is 0 Å². The smallest absolute Gasteiger partial charge is 0.251 e. The molecule has 1 atom stereocenters. The summed E-state index contributed by atoms with van der Waals surface area (Å²) < 4.78 is 0. The van der Waals surface area contributed by atoms with Crippen LogP contribution in [0.2, 0.25) is 5.02 Å². The first-order valence-corrected chi connectivity index (χ1v) is 7.31. The van der Waals surface area contributed by atoms with Crippen LogP contribution in [0.15, 0.2) is 48.5 Å². The van der Waals surface area contributed by atoms with Gasteiger partial charge >= 0.3 is 0 Å². The predicted octanol–water partition coefficient (Wildman–Crippen LogP) is 3.47. The van der Waals surface area contributed by atoms with Crippen molar-refractivity contribution in [3.8, 4) is 0 Å². The third-order valence-electron chi connectivity index (χ3n) is 3.48. The number of carbonyl (C=O) groups excluding carboxylic acids is 1. The molecule has 1 unspecified atom stereocenters. The maximum Gasteiger partial charge on any atom is 0.251 e. The molecule has 0 aliphatic rings. The molecule has 0 radical (unpaired) electrons. The Morgan fingerprint density at radius 3 is 2.62 bits per heavy atom. The highest BCUT2D eigenvalue weighted by Crippen LogP contribution is 2.18. The fraction of sp³-hybridized carbons (Fsp3) is 0.235. The van der Waals surface area contributed by atoms with Crippen molar-refractivity contribution in [2.45, 2.75) is 19.4 Å². The van der Waals surface area contributed by atoms with Crippen molar-refractivity contribution >= 4 is 17.5 Å². The molecule has 0 spiro atoms. The summed E-state index contributed by atoms with van der Waals surface area (Å²) in [6, 6.07) is 15.1. The molecule has 2 aromatic carbocycles. The summed E-state index contributed by atoms with van der Waals surface area (Å²) >= 11 is 6.02. The van der Waals surface area contributed by atoms with E-state index in [1.54, 1.807) is 18.2 Å². The number of hydrogen-bond acceptors (Lipinski definition) is 2. The highest BCUT2D eigenvalue weighted by molar-refractivity contribution is 6.31. The van der Waals surface area contributed by atoms with Crippen molar-refractivity contribution in [1.29, 1.82) is 0 Å². The van der Waals surface area contributed by atoms with Crippen LogP contribution in [0, 0.1) is 6.92 Å². The molecule has 0 saturated carbocycles. The lowest BCUT2D eigenvalue weighted by molar-refractivity contribution is 0.0952. The van der Waals surface area contributed by atoms with Crippen LogP contribution < -0.4 is 11.1 Å². The molecular formula is C17H19ClN2O. The van der Waals surface area contributed by atoms with E-state index >= 15 is 0 Å². The van der Waals surface area contributed by atoms with Crippen LogP contribution in [0.4, 0.5) is 0 Å². The highest BCUT2D eigenvalue weighted by atomic mass is 35.5. The standard InChI is InChI=1S/C17H19ClN2O/c1-12-14(8-5-9-15(12)18)17(21)20-11-10-16(19)13-6-3-2-4-7-13/h2-9,16H,10-11,19H2,1H3,(H,20,21). The van der Waals surface area contributed by atoms with Crippen LogP contribution in [0.5, 0.6) is 0 Å². The minimum absolute atomic E-state index is 0.0769. The normalized spacial score (nSPS) is 12.0. The molecular weight excluding hydrogens is 284 g/mol. The average Bonchev–Trinajstić information content (AvgIpc) is 2.50. The summed E-state index contributed by atoms with van der Waals surface area (Å²) in [5.74, 6) is -0.115. The van der Waals surface area contributed by atoms with Crippen molar-refractivity contribution in [1.82, 2.24) is 5.32 Å². The van der Waals surface area contributed by atoms with Gasteiger partial charge in [0.2, 0.25) is 0 Å². The highest BCUT2D eigenvalue weighted by Gasteiger charge is 2.11. The second-order valence-electron chi connectivity index (χ2n) is 4.97. The Morgan fingerprint density at radius 2 is 1.90 bits per heavy atom.